The van der Waals surface area contributed by atoms with E-state index >= 15 is 0 Å². The number of hydrogen-bond donors (Lipinski definition) is 2. The van der Waals surface area contributed by atoms with Crippen LogP contribution in [0.5, 0.6) is 0 Å². The zero-order valence-corrected chi connectivity index (χ0v) is 7.14. The molecule has 3 amide bonds. The van der Waals surface area contributed by atoms with Crippen molar-refractivity contribution in [3.8, 4) is 0 Å². The smallest absolute Gasteiger partial charge is 0.321 e. The molecule has 0 aliphatic heterocycles. The van der Waals surface area contributed by atoms with Crippen molar-refractivity contribution in [1.29, 1.82) is 0 Å². The first-order valence-corrected chi connectivity index (χ1v) is 3.57. The van der Waals surface area contributed by atoms with E-state index in [1.165, 1.54) is 14.0 Å². The summed E-state index contributed by atoms with van der Waals surface area (Å²) in [5.74, 6) is -0.508. The van der Waals surface area contributed by atoms with Gasteiger partial charge in [-0.1, -0.05) is 0 Å². The lowest BCUT2D eigenvalue weighted by Gasteiger charge is -2.00. The van der Waals surface area contributed by atoms with E-state index in [1.807, 2.05) is 5.32 Å². The molecule has 0 aliphatic carbocycles. The highest BCUT2D eigenvalue weighted by molar-refractivity contribution is 5.95. The van der Waals surface area contributed by atoms with Gasteiger partial charge in [-0.3, -0.25) is 10.1 Å². The van der Waals surface area contributed by atoms with Crippen LogP contribution in [0.2, 0.25) is 0 Å². The van der Waals surface area contributed by atoms with Gasteiger partial charge in [0, 0.05) is 19.9 Å². The number of nitrogens with one attached hydrogen (secondary N) is 2. The summed E-state index contributed by atoms with van der Waals surface area (Å²) in [6, 6.07) is -0.552. The molecule has 0 saturated carbocycles. The minimum Gasteiger partial charge on any atom is -0.341 e. The van der Waals surface area contributed by atoms with Crippen LogP contribution < -0.4 is 10.6 Å². The molecule has 5 heteroatoms. The SMILES string of the molecule is CNC(=O)NC(=O)CCC(C)=O. The maximum atomic E-state index is 10.8. The molecule has 0 atom stereocenters. The lowest BCUT2D eigenvalue weighted by Crippen LogP contribution is -2.37. The summed E-state index contributed by atoms with van der Waals surface area (Å²) in [7, 11) is 1.41. The summed E-state index contributed by atoms with van der Waals surface area (Å²) in [4.78, 5) is 31.8. The van der Waals surface area contributed by atoms with Gasteiger partial charge in [-0.05, 0) is 6.92 Å². The molecular weight excluding hydrogens is 160 g/mol. The summed E-state index contributed by atoms with van der Waals surface area (Å²) >= 11 is 0. The van der Waals surface area contributed by atoms with Crippen LogP contribution in [0.3, 0.4) is 0 Å². The third-order valence-corrected chi connectivity index (χ3v) is 1.18. The summed E-state index contributed by atoms with van der Waals surface area (Å²) in [6.07, 6.45) is 0.228. The van der Waals surface area contributed by atoms with Crippen molar-refractivity contribution in [2.45, 2.75) is 19.8 Å². The van der Waals surface area contributed by atoms with Crippen LogP contribution in [0, 0.1) is 0 Å². The van der Waals surface area contributed by atoms with E-state index in [9.17, 15) is 14.4 Å². The van der Waals surface area contributed by atoms with Gasteiger partial charge in [0.25, 0.3) is 0 Å². The van der Waals surface area contributed by atoms with Gasteiger partial charge in [-0.25, -0.2) is 4.79 Å². The molecule has 12 heavy (non-hydrogen) atoms. The Morgan fingerprint density at radius 1 is 1.17 bits per heavy atom. The standard InChI is InChI=1S/C7H12N2O3/c1-5(10)3-4-6(11)9-7(12)8-2/h3-4H2,1-2H3,(H2,8,9,11,12). The topological polar surface area (TPSA) is 75.3 Å². The normalized spacial score (nSPS) is 8.83. The second-order valence-electron chi connectivity index (χ2n) is 2.33. The number of amides is 3. The quantitative estimate of drug-likeness (QED) is 0.619. The van der Waals surface area contributed by atoms with Gasteiger partial charge in [-0.2, -0.15) is 0 Å². The van der Waals surface area contributed by atoms with E-state index in [2.05, 4.69) is 5.32 Å². The fraction of sp³-hybridized carbons (Fsp3) is 0.571. The highest BCUT2D eigenvalue weighted by Crippen LogP contribution is 1.89. The Kier molecular flexibility index (Phi) is 4.67. The van der Waals surface area contributed by atoms with Crippen LogP contribution in [0.15, 0.2) is 0 Å². The number of carbonyl (C=O) groups excluding carboxylic acids is 3. The second-order valence-corrected chi connectivity index (χ2v) is 2.33. The third-order valence-electron chi connectivity index (χ3n) is 1.18. The molecule has 0 aromatic heterocycles. The van der Waals surface area contributed by atoms with E-state index < -0.39 is 11.9 Å². The van der Waals surface area contributed by atoms with Crippen molar-refractivity contribution in [1.82, 2.24) is 10.6 Å². The molecule has 2 N–H and O–H groups in total. The molecule has 5 nitrogen and oxygen atoms in total. The van der Waals surface area contributed by atoms with Gasteiger partial charge >= 0.3 is 6.03 Å². The molecule has 68 valence electrons. The average Bonchev–Trinajstić information content (AvgIpc) is 2.00. The molecule has 0 bridgehead atoms. The van der Waals surface area contributed by atoms with E-state index in [-0.39, 0.29) is 18.6 Å². The molecule has 0 unspecified atom stereocenters. The number of Topliss-reactive ketones (excluding diaryl/α,β-unsaturated/α-hetero) is 1. The predicted molar refractivity (Wildman–Crippen MR) is 42.5 cm³/mol. The molecular formula is C7H12N2O3. The van der Waals surface area contributed by atoms with Crippen molar-refractivity contribution in [2.24, 2.45) is 0 Å². The van der Waals surface area contributed by atoms with Crippen LogP contribution >= 0.6 is 0 Å². The third kappa shape index (κ3) is 5.40. The van der Waals surface area contributed by atoms with Gasteiger partial charge < -0.3 is 10.1 Å². The monoisotopic (exact) mass is 172 g/mol. The Labute approximate surface area is 70.5 Å². The van der Waals surface area contributed by atoms with Crippen LogP contribution in [-0.2, 0) is 9.59 Å². The number of ketones is 1. The molecule has 0 saturated heterocycles. The van der Waals surface area contributed by atoms with Crippen LogP contribution in [0.25, 0.3) is 0 Å². The molecule has 0 heterocycles. The second kappa shape index (κ2) is 5.29. The molecule has 0 radical (unpaired) electrons. The van der Waals surface area contributed by atoms with E-state index in [0.717, 1.165) is 0 Å². The Balaban J connectivity index is 3.60. The summed E-state index contributed by atoms with van der Waals surface area (Å²) in [5.41, 5.74) is 0. The fourth-order valence-electron chi connectivity index (χ4n) is 0.541. The van der Waals surface area contributed by atoms with Gasteiger partial charge in [0.15, 0.2) is 0 Å². The zero-order chi connectivity index (χ0) is 9.56. The first-order valence-electron chi connectivity index (χ1n) is 3.57. The Bertz CT molecular complexity index is 201. The van der Waals surface area contributed by atoms with Crippen LogP contribution in [0.1, 0.15) is 19.8 Å². The van der Waals surface area contributed by atoms with E-state index in [4.69, 9.17) is 0 Å². The Morgan fingerprint density at radius 3 is 2.17 bits per heavy atom. The summed E-state index contributed by atoms with van der Waals surface area (Å²) < 4.78 is 0. The highest BCUT2D eigenvalue weighted by Gasteiger charge is 2.05. The minimum atomic E-state index is -0.552. The largest absolute Gasteiger partial charge is 0.341 e. The predicted octanol–water partition coefficient (Wildman–Crippen LogP) is -0.189. The molecule has 0 aromatic rings. The van der Waals surface area contributed by atoms with Gasteiger partial charge in [0.2, 0.25) is 5.91 Å². The fourth-order valence-corrected chi connectivity index (χ4v) is 0.541. The summed E-state index contributed by atoms with van der Waals surface area (Å²) in [6.45, 7) is 1.40. The van der Waals surface area contributed by atoms with Gasteiger partial charge in [-0.15, -0.1) is 0 Å². The number of imide groups is 1. The van der Waals surface area contributed by atoms with E-state index in [1.54, 1.807) is 0 Å². The molecule has 0 aliphatic rings. The first-order chi connectivity index (χ1) is 5.56. The molecule has 0 spiro atoms. The highest BCUT2D eigenvalue weighted by atomic mass is 16.2. The minimum absolute atomic E-state index is 0.0583. The summed E-state index contributed by atoms with van der Waals surface area (Å²) in [5, 5.41) is 4.27. The molecule has 0 rings (SSSR count). The lowest BCUT2D eigenvalue weighted by atomic mass is 10.2. The number of urea groups is 1. The van der Waals surface area contributed by atoms with E-state index in [0.29, 0.717) is 0 Å². The van der Waals surface area contributed by atoms with Gasteiger partial charge in [0.05, 0.1) is 0 Å². The first kappa shape index (κ1) is 10.6. The number of hydrogen-bond acceptors (Lipinski definition) is 3. The molecule has 0 fully saturated rings. The maximum absolute atomic E-state index is 10.8. The maximum Gasteiger partial charge on any atom is 0.321 e. The Morgan fingerprint density at radius 2 is 1.75 bits per heavy atom. The Hall–Kier alpha value is -1.39. The molecule has 0 aromatic carbocycles. The number of rotatable bonds is 3. The van der Waals surface area contributed by atoms with Gasteiger partial charge in [0.1, 0.15) is 5.78 Å². The average molecular weight is 172 g/mol. The lowest BCUT2D eigenvalue weighted by molar-refractivity contribution is -0.123. The van der Waals surface area contributed by atoms with Crippen molar-refractivity contribution >= 4 is 17.7 Å². The van der Waals surface area contributed by atoms with Crippen LogP contribution in [0.4, 0.5) is 4.79 Å². The zero-order valence-electron chi connectivity index (χ0n) is 7.14. The van der Waals surface area contributed by atoms with Crippen molar-refractivity contribution in [3.63, 3.8) is 0 Å². The van der Waals surface area contributed by atoms with Crippen molar-refractivity contribution < 1.29 is 14.4 Å². The van der Waals surface area contributed by atoms with Crippen molar-refractivity contribution in [2.75, 3.05) is 7.05 Å². The van der Waals surface area contributed by atoms with Crippen molar-refractivity contribution in [3.05, 3.63) is 0 Å². The number of carbonyl (C=O) groups is 3. The van der Waals surface area contributed by atoms with Crippen LogP contribution in [-0.4, -0.2) is 24.8 Å².